The second-order valence-corrected chi connectivity index (χ2v) is 19.4. The Morgan fingerprint density at radius 1 is 0.590 bits per heavy atom. The predicted octanol–water partition coefficient (Wildman–Crippen LogP) is 11.5. The second-order valence-electron chi connectivity index (χ2n) is 19.4. The molecular formula is C50H92O11. The highest BCUT2D eigenvalue weighted by Gasteiger charge is 2.57. The number of aliphatic hydroxyl groups is 1. The van der Waals surface area contributed by atoms with Crippen molar-refractivity contribution < 1.29 is 53.1 Å². The summed E-state index contributed by atoms with van der Waals surface area (Å²) in [7, 11) is 0. The van der Waals surface area contributed by atoms with Gasteiger partial charge in [0.1, 0.15) is 12.2 Å². The van der Waals surface area contributed by atoms with Gasteiger partial charge in [-0.2, -0.15) is 0 Å². The Kier molecular flexibility index (Phi) is 28.3. The van der Waals surface area contributed by atoms with E-state index in [1.54, 1.807) is 20.8 Å². The number of hydrogen-bond acceptors (Lipinski definition) is 10. The third-order valence-corrected chi connectivity index (χ3v) is 14.0. The van der Waals surface area contributed by atoms with Crippen LogP contribution in [0.3, 0.4) is 0 Å². The van der Waals surface area contributed by atoms with Crippen molar-refractivity contribution in [1.82, 2.24) is 0 Å². The van der Waals surface area contributed by atoms with Gasteiger partial charge in [0.05, 0.1) is 47.9 Å². The van der Waals surface area contributed by atoms with E-state index in [4.69, 9.17) is 29.2 Å². The lowest BCUT2D eigenvalue weighted by atomic mass is 9.82. The van der Waals surface area contributed by atoms with Crippen LogP contribution in [0.15, 0.2) is 0 Å². The zero-order valence-corrected chi connectivity index (χ0v) is 41.3. The number of esters is 4. The van der Waals surface area contributed by atoms with Gasteiger partial charge in [0.15, 0.2) is 0 Å². The van der Waals surface area contributed by atoms with Crippen LogP contribution < -0.4 is 0 Å². The summed E-state index contributed by atoms with van der Waals surface area (Å²) in [4.78, 5) is 56.1. The average molecular weight is 869 g/mol. The summed E-state index contributed by atoms with van der Waals surface area (Å²) in [5.74, 6) is 1.97. The fraction of sp³-hybridized carbons (Fsp3) is 0.900. The first-order valence-electron chi connectivity index (χ1n) is 24.2. The number of ether oxygens (including phenoxy) is 4. The first-order valence-corrected chi connectivity index (χ1v) is 24.2. The number of aliphatic carboxylic acids is 1. The molecule has 0 aliphatic heterocycles. The molecule has 0 aromatic rings. The molecular weight excluding hydrogens is 777 g/mol. The maximum absolute atomic E-state index is 12.3. The normalized spacial score (nSPS) is 23.5. The fourth-order valence-corrected chi connectivity index (χ4v) is 7.69. The number of carbonyl (C=O) groups is 5. The molecule has 0 aromatic carbocycles. The van der Waals surface area contributed by atoms with Crippen LogP contribution in [0, 0.1) is 51.8 Å². The highest BCUT2D eigenvalue weighted by Crippen LogP contribution is 2.60. The highest BCUT2D eigenvalue weighted by molar-refractivity contribution is 5.77. The maximum Gasteiger partial charge on any atom is 0.314 e. The Hall–Kier alpha value is -2.69. The molecule has 0 amide bonds. The summed E-state index contributed by atoms with van der Waals surface area (Å²) < 4.78 is 21.2. The van der Waals surface area contributed by atoms with E-state index in [0.29, 0.717) is 31.5 Å². The SMILES string of the molecule is CCC(C)(C)C(=O)OC1C2CCC1C1CCCC12.CCC(C)(C)C(=O)OC1CCCCC1.CCC(C)C(=O)O.CCCCOC(=O)C(C)CC.CCOC(=O)C(C)(CC)CO. The van der Waals surface area contributed by atoms with Crippen molar-refractivity contribution in [2.75, 3.05) is 19.8 Å². The number of aliphatic hydroxyl groups excluding tert-OH is 1. The first kappa shape index (κ1) is 58.3. The van der Waals surface area contributed by atoms with Crippen LogP contribution in [-0.4, -0.2) is 72.1 Å². The summed E-state index contributed by atoms with van der Waals surface area (Å²) in [5.41, 5.74) is -1.33. The van der Waals surface area contributed by atoms with E-state index in [1.165, 1.54) is 51.4 Å². The lowest BCUT2D eigenvalue weighted by Gasteiger charge is -2.27. The molecule has 0 heterocycles. The fourth-order valence-electron chi connectivity index (χ4n) is 7.69. The van der Waals surface area contributed by atoms with Gasteiger partial charge in [-0.05, 0) is 155 Å². The molecule has 4 aliphatic rings. The lowest BCUT2D eigenvalue weighted by Crippen LogP contribution is -2.33. The van der Waals surface area contributed by atoms with Crippen molar-refractivity contribution in [3.63, 3.8) is 0 Å². The van der Waals surface area contributed by atoms with Crippen LogP contribution in [0.2, 0.25) is 0 Å². The molecule has 0 spiro atoms. The number of carboxylic acids is 1. The third-order valence-electron chi connectivity index (χ3n) is 14.0. The van der Waals surface area contributed by atoms with Crippen molar-refractivity contribution in [2.45, 2.75) is 218 Å². The van der Waals surface area contributed by atoms with E-state index in [-0.39, 0.29) is 65.4 Å². The van der Waals surface area contributed by atoms with E-state index in [1.807, 2.05) is 62.3 Å². The molecule has 2 N–H and O–H groups in total. The summed E-state index contributed by atoms with van der Waals surface area (Å²) in [6.07, 6.45) is 19.0. The minimum atomic E-state index is -0.712. The third kappa shape index (κ3) is 19.7. The minimum Gasteiger partial charge on any atom is -0.481 e. The molecule has 4 fully saturated rings. The lowest BCUT2D eigenvalue weighted by molar-refractivity contribution is -0.163. The Balaban J connectivity index is 0.000000764. The standard InChI is InChI=1S/C16H26O2.C12H22O2.C9H18O2.C8H16O3.C5H10O2/c1-4-16(2,3)15(17)18-14-12-8-9-13(14)11-7-5-6-10(11)12;1-4-12(2,3)11(13)14-10-8-6-5-7-9-10;1-4-6-7-11-9(10)8(3)5-2;1-4-8(3,6-9)7(10)11-5-2;1-3-4(2)5(6)7/h10-14H,4-9H2,1-3H3;10H,4-9H2,1-3H3;8H,4-7H2,1-3H3;9H,4-6H2,1-3H3;4H,3H2,1-2H3,(H,6,7). The molecule has 4 rings (SSSR count). The molecule has 0 radical (unpaired) electrons. The first-order chi connectivity index (χ1) is 28.6. The minimum absolute atomic E-state index is 0.0214. The van der Waals surface area contributed by atoms with Gasteiger partial charge in [-0.1, -0.05) is 74.7 Å². The summed E-state index contributed by atoms with van der Waals surface area (Å²) in [6.45, 7) is 27.7. The quantitative estimate of drug-likeness (QED) is 0.0812. The zero-order valence-electron chi connectivity index (χ0n) is 41.3. The number of hydrogen-bond donors (Lipinski definition) is 2. The van der Waals surface area contributed by atoms with Crippen molar-refractivity contribution >= 4 is 29.8 Å². The van der Waals surface area contributed by atoms with E-state index < -0.39 is 11.4 Å². The summed E-state index contributed by atoms with van der Waals surface area (Å²) >= 11 is 0. The van der Waals surface area contributed by atoms with Crippen LogP contribution >= 0.6 is 0 Å². The van der Waals surface area contributed by atoms with Crippen molar-refractivity contribution in [3.8, 4) is 0 Å². The average Bonchev–Trinajstić information content (AvgIpc) is 3.98. The van der Waals surface area contributed by atoms with Gasteiger partial charge in [0, 0.05) is 0 Å². The molecule has 7 atom stereocenters. The van der Waals surface area contributed by atoms with Gasteiger partial charge in [-0.25, -0.2) is 0 Å². The van der Waals surface area contributed by atoms with E-state index >= 15 is 0 Å². The smallest absolute Gasteiger partial charge is 0.314 e. The molecule has 11 nitrogen and oxygen atoms in total. The van der Waals surface area contributed by atoms with Gasteiger partial charge >= 0.3 is 29.8 Å². The Bertz CT molecular complexity index is 1250. The van der Waals surface area contributed by atoms with Crippen LogP contribution in [0.25, 0.3) is 0 Å². The molecule has 0 saturated heterocycles. The Labute approximate surface area is 371 Å². The number of fused-ring (bicyclic) bond motifs is 5. The van der Waals surface area contributed by atoms with E-state index in [0.717, 1.165) is 63.2 Å². The maximum atomic E-state index is 12.3. The highest BCUT2D eigenvalue weighted by atomic mass is 16.6. The number of carbonyl (C=O) groups excluding carboxylic acids is 4. The van der Waals surface area contributed by atoms with Crippen LogP contribution in [-0.2, 0) is 42.9 Å². The van der Waals surface area contributed by atoms with Crippen molar-refractivity contribution in [3.05, 3.63) is 0 Å². The Morgan fingerprint density at radius 2 is 1.08 bits per heavy atom. The van der Waals surface area contributed by atoms with E-state index in [9.17, 15) is 24.0 Å². The van der Waals surface area contributed by atoms with Gasteiger partial charge in [-0.15, -0.1) is 0 Å². The van der Waals surface area contributed by atoms with Gasteiger partial charge < -0.3 is 29.2 Å². The van der Waals surface area contributed by atoms with Crippen molar-refractivity contribution in [2.24, 2.45) is 51.8 Å². The topological polar surface area (TPSA) is 163 Å². The molecule has 2 bridgehead atoms. The summed E-state index contributed by atoms with van der Waals surface area (Å²) in [5, 5.41) is 17.1. The molecule has 7 unspecified atom stereocenters. The molecule has 61 heavy (non-hydrogen) atoms. The Morgan fingerprint density at radius 3 is 1.46 bits per heavy atom. The van der Waals surface area contributed by atoms with Gasteiger partial charge in [0.25, 0.3) is 0 Å². The number of rotatable bonds is 17. The largest absolute Gasteiger partial charge is 0.481 e. The van der Waals surface area contributed by atoms with E-state index in [2.05, 4.69) is 13.8 Å². The van der Waals surface area contributed by atoms with Crippen LogP contribution in [0.4, 0.5) is 0 Å². The molecule has 4 saturated carbocycles. The molecule has 11 heteroatoms. The van der Waals surface area contributed by atoms with Gasteiger partial charge in [0.2, 0.25) is 0 Å². The van der Waals surface area contributed by atoms with Gasteiger partial charge in [-0.3, -0.25) is 24.0 Å². The second kappa shape index (κ2) is 29.6. The zero-order chi connectivity index (χ0) is 47.0. The number of unbranched alkanes of at least 4 members (excludes halogenated alkanes) is 1. The monoisotopic (exact) mass is 869 g/mol. The van der Waals surface area contributed by atoms with Crippen LogP contribution in [0.1, 0.15) is 206 Å². The van der Waals surface area contributed by atoms with Crippen molar-refractivity contribution in [1.29, 1.82) is 0 Å². The molecule has 358 valence electrons. The molecule has 0 aromatic heterocycles. The summed E-state index contributed by atoms with van der Waals surface area (Å²) in [6, 6.07) is 0. The van der Waals surface area contributed by atoms with Crippen LogP contribution in [0.5, 0.6) is 0 Å². The molecule has 4 aliphatic carbocycles. The predicted molar refractivity (Wildman–Crippen MR) is 243 cm³/mol. The number of carboxylic acid groups (broad SMARTS) is 1.